The van der Waals surface area contributed by atoms with Crippen LogP contribution in [0.1, 0.15) is 33.1 Å². The lowest BCUT2D eigenvalue weighted by Gasteiger charge is -2.19. The molecule has 1 aliphatic heterocycles. The van der Waals surface area contributed by atoms with Crippen molar-refractivity contribution in [1.82, 2.24) is 10.2 Å². The van der Waals surface area contributed by atoms with Gasteiger partial charge in [-0.2, -0.15) is 0 Å². The lowest BCUT2D eigenvalue weighted by Crippen LogP contribution is -2.41. The maximum atomic E-state index is 11.3. The van der Waals surface area contributed by atoms with E-state index in [1.165, 1.54) is 4.90 Å². The molecular weight excluding hydrogens is 180 g/mol. The Bertz CT molecular complexity index is 212. The number of nitrogens with one attached hydrogen (secondary N) is 1. The molecule has 1 atom stereocenters. The topological polar surface area (TPSA) is 49.4 Å². The van der Waals surface area contributed by atoms with Crippen molar-refractivity contribution in [3.8, 4) is 0 Å². The van der Waals surface area contributed by atoms with Crippen molar-refractivity contribution in [2.75, 3.05) is 13.1 Å². The van der Waals surface area contributed by atoms with E-state index < -0.39 is 0 Å². The predicted octanol–water partition coefficient (Wildman–Crippen LogP) is 0.523. The molecule has 2 amide bonds. The van der Waals surface area contributed by atoms with Crippen LogP contribution < -0.4 is 5.32 Å². The van der Waals surface area contributed by atoms with Gasteiger partial charge in [-0.25, -0.2) is 0 Å². The molecule has 1 rings (SSSR count). The van der Waals surface area contributed by atoms with Gasteiger partial charge >= 0.3 is 0 Å². The zero-order valence-corrected chi connectivity index (χ0v) is 8.88. The number of imide groups is 1. The highest BCUT2D eigenvalue weighted by molar-refractivity contribution is 6.01. The molecule has 0 aromatic heterocycles. The fourth-order valence-electron chi connectivity index (χ4n) is 1.56. The summed E-state index contributed by atoms with van der Waals surface area (Å²) in [5, 5.41) is 3.25. The van der Waals surface area contributed by atoms with Crippen LogP contribution in [0.15, 0.2) is 0 Å². The van der Waals surface area contributed by atoms with Gasteiger partial charge in [-0.3, -0.25) is 14.5 Å². The Morgan fingerprint density at radius 3 is 2.43 bits per heavy atom. The Morgan fingerprint density at radius 1 is 1.36 bits per heavy atom. The third kappa shape index (κ3) is 2.80. The maximum absolute atomic E-state index is 11.3. The molecule has 0 radical (unpaired) electrons. The second kappa shape index (κ2) is 5.10. The lowest BCUT2D eigenvalue weighted by atomic mass is 10.3. The molecule has 1 heterocycles. The van der Waals surface area contributed by atoms with Gasteiger partial charge in [-0.05, 0) is 19.9 Å². The normalized spacial score (nSPS) is 19.1. The first-order valence-corrected chi connectivity index (χ1v) is 5.21. The SMILES string of the molecule is CCCNC(C)CN1C(=O)CCC1=O. The van der Waals surface area contributed by atoms with E-state index in [2.05, 4.69) is 12.2 Å². The molecule has 1 aliphatic rings. The number of rotatable bonds is 5. The van der Waals surface area contributed by atoms with Crippen molar-refractivity contribution < 1.29 is 9.59 Å². The third-order valence-corrected chi connectivity index (χ3v) is 2.35. The molecule has 0 aliphatic carbocycles. The van der Waals surface area contributed by atoms with Gasteiger partial charge in [0.15, 0.2) is 0 Å². The van der Waals surface area contributed by atoms with E-state index in [1.807, 2.05) is 6.92 Å². The average molecular weight is 198 g/mol. The second-order valence-electron chi connectivity index (χ2n) is 3.75. The van der Waals surface area contributed by atoms with Crippen molar-refractivity contribution in [2.24, 2.45) is 0 Å². The number of likely N-dealkylation sites (tertiary alicyclic amines) is 1. The zero-order valence-electron chi connectivity index (χ0n) is 8.88. The molecule has 1 saturated heterocycles. The van der Waals surface area contributed by atoms with E-state index >= 15 is 0 Å². The maximum Gasteiger partial charge on any atom is 0.229 e. The molecule has 4 heteroatoms. The molecule has 0 aromatic carbocycles. The van der Waals surface area contributed by atoms with Gasteiger partial charge in [0, 0.05) is 25.4 Å². The van der Waals surface area contributed by atoms with Gasteiger partial charge in [-0.15, -0.1) is 0 Å². The van der Waals surface area contributed by atoms with Crippen molar-refractivity contribution in [3.63, 3.8) is 0 Å². The average Bonchev–Trinajstić information content (AvgIpc) is 2.46. The highest BCUT2D eigenvalue weighted by Gasteiger charge is 2.29. The van der Waals surface area contributed by atoms with Crippen LogP contribution in [0.2, 0.25) is 0 Å². The van der Waals surface area contributed by atoms with Gasteiger partial charge in [0.1, 0.15) is 0 Å². The van der Waals surface area contributed by atoms with Crippen LogP contribution in [0.25, 0.3) is 0 Å². The Balaban J connectivity index is 2.35. The van der Waals surface area contributed by atoms with Crippen LogP contribution in [-0.2, 0) is 9.59 Å². The van der Waals surface area contributed by atoms with Gasteiger partial charge < -0.3 is 5.32 Å². The van der Waals surface area contributed by atoms with E-state index in [-0.39, 0.29) is 17.9 Å². The van der Waals surface area contributed by atoms with E-state index in [0.717, 1.165) is 13.0 Å². The minimum Gasteiger partial charge on any atom is -0.312 e. The van der Waals surface area contributed by atoms with Gasteiger partial charge in [0.05, 0.1) is 0 Å². The van der Waals surface area contributed by atoms with Crippen LogP contribution in [-0.4, -0.2) is 35.8 Å². The zero-order chi connectivity index (χ0) is 10.6. The molecule has 1 unspecified atom stereocenters. The number of hydrogen-bond acceptors (Lipinski definition) is 3. The van der Waals surface area contributed by atoms with Crippen molar-refractivity contribution in [1.29, 1.82) is 0 Å². The Hall–Kier alpha value is -0.900. The van der Waals surface area contributed by atoms with Crippen LogP contribution in [0.5, 0.6) is 0 Å². The second-order valence-corrected chi connectivity index (χ2v) is 3.75. The van der Waals surface area contributed by atoms with Gasteiger partial charge in [-0.1, -0.05) is 6.92 Å². The summed E-state index contributed by atoms with van der Waals surface area (Å²) >= 11 is 0. The van der Waals surface area contributed by atoms with Gasteiger partial charge in [0.25, 0.3) is 0 Å². The Labute approximate surface area is 84.7 Å². The first-order chi connectivity index (χ1) is 6.65. The number of amides is 2. The summed E-state index contributed by atoms with van der Waals surface area (Å²) in [6, 6.07) is 0.195. The molecule has 0 bridgehead atoms. The minimum absolute atomic E-state index is 0.0276. The Kier molecular flexibility index (Phi) is 4.07. The van der Waals surface area contributed by atoms with Gasteiger partial charge in [0.2, 0.25) is 11.8 Å². The molecule has 80 valence electrons. The molecule has 1 fully saturated rings. The fourth-order valence-corrected chi connectivity index (χ4v) is 1.56. The Morgan fingerprint density at radius 2 is 1.93 bits per heavy atom. The quantitative estimate of drug-likeness (QED) is 0.655. The summed E-state index contributed by atoms with van der Waals surface area (Å²) in [4.78, 5) is 23.9. The van der Waals surface area contributed by atoms with Crippen LogP contribution in [0, 0.1) is 0 Å². The van der Waals surface area contributed by atoms with Crippen molar-refractivity contribution >= 4 is 11.8 Å². The summed E-state index contributed by atoms with van der Waals surface area (Å²) in [6.45, 7) is 5.52. The highest BCUT2D eigenvalue weighted by atomic mass is 16.2. The molecular formula is C10H18N2O2. The standard InChI is InChI=1S/C10H18N2O2/c1-3-6-11-8(2)7-12-9(13)4-5-10(12)14/h8,11H,3-7H2,1-2H3. The third-order valence-electron chi connectivity index (χ3n) is 2.35. The van der Waals surface area contributed by atoms with Crippen LogP contribution >= 0.6 is 0 Å². The summed E-state index contributed by atoms with van der Waals surface area (Å²) in [5.74, 6) is -0.0553. The van der Waals surface area contributed by atoms with Crippen molar-refractivity contribution in [3.05, 3.63) is 0 Å². The highest BCUT2D eigenvalue weighted by Crippen LogP contribution is 2.11. The number of nitrogens with zero attached hydrogens (tertiary/aromatic N) is 1. The van der Waals surface area contributed by atoms with E-state index in [1.54, 1.807) is 0 Å². The summed E-state index contributed by atoms with van der Waals surface area (Å²) in [5.41, 5.74) is 0. The van der Waals surface area contributed by atoms with Crippen LogP contribution in [0.3, 0.4) is 0 Å². The minimum atomic E-state index is -0.0276. The summed E-state index contributed by atoms with van der Waals surface area (Å²) in [7, 11) is 0. The van der Waals surface area contributed by atoms with E-state index in [4.69, 9.17) is 0 Å². The molecule has 0 aromatic rings. The summed E-state index contributed by atoms with van der Waals surface area (Å²) < 4.78 is 0. The molecule has 0 saturated carbocycles. The van der Waals surface area contributed by atoms with E-state index in [9.17, 15) is 9.59 Å². The number of hydrogen-bond donors (Lipinski definition) is 1. The van der Waals surface area contributed by atoms with E-state index in [0.29, 0.717) is 19.4 Å². The smallest absolute Gasteiger partial charge is 0.229 e. The first-order valence-electron chi connectivity index (χ1n) is 5.21. The van der Waals surface area contributed by atoms with Crippen LogP contribution in [0.4, 0.5) is 0 Å². The van der Waals surface area contributed by atoms with Crippen molar-refractivity contribution in [2.45, 2.75) is 39.2 Å². The molecule has 0 spiro atoms. The monoisotopic (exact) mass is 198 g/mol. The number of carbonyl (C=O) groups is 2. The first kappa shape index (κ1) is 11.2. The number of carbonyl (C=O) groups excluding carboxylic acids is 2. The summed E-state index contributed by atoms with van der Waals surface area (Å²) in [6.07, 6.45) is 1.84. The molecule has 4 nitrogen and oxygen atoms in total. The predicted molar refractivity (Wildman–Crippen MR) is 53.7 cm³/mol. The fraction of sp³-hybridized carbons (Fsp3) is 0.800. The largest absolute Gasteiger partial charge is 0.312 e. The molecule has 1 N–H and O–H groups in total. The lowest BCUT2D eigenvalue weighted by molar-refractivity contribution is -0.138. The molecule has 14 heavy (non-hydrogen) atoms.